The van der Waals surface area contributed by atoms with Gasteiger partial charge in [0, 0.05) is 48.9 Å². The maximum Gasteiger partial charge on any atom is 0.270 e. The maximum absolute atomic E-state index is 12.8. The molecule has 0 aliphatic carbocycles. The van der Waals surface area contributed by atoms with E-state index >= 15 is 0 Å². The number of nitrogens with one attached hydrogen (secondary N) is 2. The van der Waals surface area contributed by atoms with Gasteiger partial charge in [-0.25, -0.2) is 4.98 Å². The number of hydrogen-bond donors (Lipinski definition) is 2. The van der Waals surface area contributed by atoms with Crippen LogP contribution in [0.5, 0.6) is 0 Å². The van der Waals surface area contributed by atoms with Crippen LogP contribution in [0, 0.1) is 12.8 Å². The molecule has 3 aromatic heterocycles. The Morgan fingerprint density at radius 3 is 2.85 bits per heavy atom. The van der Waals surface area contributed by atoms with Crippen molar-refractivity contribution in [3.05, 3.63) is 75.7 Å². The highest BCUT2D eigenvalue weighted by molar-refractivity contribution is 7.17. The number of hydrogen-bond acceptors (Lipinski definition) is 6. The lowest BCUT2D eigenvalue weighted by Gasteiger charge is -2.31. The Morgan fingerprint density at radius 2 is 2.09 bits per heavy atom. The van der Waals surface area contributed by atoms with Crippen molar-refractivity contribution in [1.29, 1.82) is 0 Å². The summed E-state index contributed by atoms with van der Waals surface area (Å²) < 4.78 is 0.639. The number of thiophene rings is 1. The van der Waals surface area contributed by atoms with E-state index in [4.69, 9.17) is 4.98 Å². The Hall–Kier alpha value is -3.52. The number of aromatic nitrogens is 3. The smallest absolute Gasteiger partial charge is 0.270 e. The fourth-order valence-corrected chi connectivity index (χ4v) is 5.18. The Balaban J connectivity index is 1.30. The molecule has 8 heteroatoms. The van der Waals surface area contributed by atoms with Gasteiger partial charge in [0.15, 0.2) is 0 Å². The first-order chi connectivity index (χ1) is 16.1. The molecule has 1 fully saturated rings. The molecule has 1 amide bonds. The second-order valence-corrected chi connectivity index (χ2v) is 9.31. The van der Waals surface area contributed by atoms with Gasteiger partial charge in [-0.3, -0.25) is 19.6 Å². The van der Waals surface area contributed by atoms with E-state index in [0.29, 0.717) is 30.3 Å². The summed E-state index contributed by atoms with van der Waals surface area (Å²) in [6, 6.07) is 12.0. The van der Waals surface area contributed by atoms with Crippen molar-refractivity contribution in [2.75, 3.05) is 18.0 Å². The van der Waals surface area contributed by atoms with Crippen LogP contribution in [-0.4, -0.2) is 33.9 Å². The number of piperidine rings is 1. The van der Waals surface area contributed by atoms with E-state index in [1.165, 1.54) is 16.9 Å². The Labute approximate surface area is 195 Å². The molecule has 0 bridgehead atoms. The molecule has 0 spiro atoms. The van der Waals surface area contributed by atoms with Gasteiger partial charge < -0.3 is 10.2 Å². The van der Waals surface area contributed by atoms with Crippen molar-refractivity contribution in [1.82, 2.24) is 20.3 Å². The Bertz CT molecular complexity index is 1340. The molecule has 4 aromatic rings. The topological polar surface area (TPSA) is 91.0 Å². The fourth-order valence-electron chi connectivity index (χ4n) is 4.27. The van der Waals surface area contributed by atoms with E-state index in [1.807, 2.05) is 29.6 Å². The van der Waals surface area contributed by atoms with Crippen molar-refractivity contribution in [3.63, 3.8) is 0 Å². The second-order valence-electron chi connectivity index (χ2n) is 8.43. The summed E-state index contributed by atoms with van der Waals surface area (Å²) in [6.45, 7) is 3.88. The molecule has 1 saturated heterocycles. The lowest BCUT2D eigenvalue weighted by Crippen LogP contribution is -2.41. The van der Waals surface area contributed by atoms with Gasteiger partial charge in [-0.05, 0) is 37.0 Å². The quantitative estimate of drug-likeness (QED) is 0.473. The van der Waals surface area contributed by atoms with Gasteiger partial charge in [-0.2, -0.15) is 0 Å². The minimum absolute atomic E-state index is 0.0441. The third-order valence-electron chi connectivity index (χ3n) is 6.10. The summed E-state index contributed by atoms with van der Waals surface area (Å²) in [5, 5.41) is 5.02. The first kappa shape index (κ1) is 21.3. The Kier molecular flexibility index (Phi) is 5.92. The van der Waals surface area contributed by atoms with Gasteiger partial charge in [0.2, 0.25) is 11.9 Å². The van der Waals surface area contributed by atoms with E-state index in [1.54, 1.807) is 12.4 Å². The summed E-state index contributed by atoms with van der Waals surface area (Å²) in [5.41, 5.74) is 4.82. The number of fused-ring (bicyclic) bond motifs is 1. The predicted molar refractivity (Wildman–Crippen MR) is 131 cm³/mol. The number of amides is 1. The van der Waals surface area contributed by atoms with Crippen LogP contribution in [0.15, 0.2) is 59.0 Å². The molecule has 1 aliphatic heterocycles. The molecule has 5 rings (SSSR count). The van der Waals surface area contributed by atoms with Crippen LogP contribution in [0.1, 0.15) is 24.0 Å². The van der Waals surface area contributed by atoms with Crippen LogP contribution in [0.2, 0.25) is 0 Å². The minimum Gasteiger partial charge on any atom is -0.352 e. The lowest BCUT2D eigenvalue weighted by molar-refractivity contribution is -0.125. The van der Waals surface area contributed by atoms with Crippen molar-refractivity contribution < 1.29 is 4.79 Å². The molecule has 1 aromatic carbocycles. The lowest BCUT2D eigenvalue weighted by atomic mass is 9.96. The highest BCUT2D eigenvalue weighted by Crippen LogP contribution is 2.32. The summed E-state index contributed by atoms with van der Waals surface area (Å²) in [7, 11) is 0. The molecule has 33 heavy (non-hydrogen) atoms. The molecule has 0 atom stereocenters. The molecule has 1 aliphatic rings. The van der Waals surface area contributed by atoms with Crippen LogP contribution in [0.25, 0.3) is 21.3 Å². The number of benzene rings is 1. The Morgan fingerprint density at radius 1 is 1.24 bits per heavy atom. The van der Waals surface area contributed by atoms with Gasteiger partial charge in [0.25, 0.3) is 5.56 Å². The number of carbonyl (C=O) groups is 1. The number of pyridine rings is 1. The van der Waals surface area contributed by atoms with E-state index in [2.05, 4.69) is 39.2 Å². The molecular formula is C25H25N5O2S. The van der Waals surface area contributed by atoms with E-state index < -0.39 is 0 Å². The van der Waals surface area contributed by atoms with Crippen LogP contribution in [-0.2, 0) is 11.3 Å². The van der Waals surface area contributed by atoms with Crippen molar-refractivity contribution >= 4 is 33.4 Å². The van der Waals surface area contributed by atoms with Crippen LogP contribution < -0.4 is 15.8 Å². The highest BCUT2D eigenvalue weighted by atomic mass is 32.1. The molecular weight excluding hydrogens is 434 g/mol. The zero-order chi connectivity index (χ0) is 22.8. The van der Waals surface area contributed by atoms with Crippen molar-refractivity contribution in [2.45, 2.75) is 26.3 Å². The number of aryl methyl sites for hydroxylation is 1. The largest absolute Gasteiger partial charge is 0.352 e. The number of aromatic amines is 1. The monoisotopic (exact) mass is 459 g/mol. The van der Waals surface area contributed by atoms with E-state index in [9.17, 15) is 9.59 Å². The standard InChI is InChI=1S/C25H25N5O2S/c1-16-4-2-6-19(12-16)20-15-33-22-21(20)28-25(29-24(22)32)30-10-7-18(8-11-30)23(31)27-14-17-5-3-9-26-13-17/h2-6,9,12-13,15,18H,7-8,10-11,14H2,1H3,(H,27,31)(H,28,29,32). The van der Waals surface area contributed by atoms with E-state index in [0.717, 1.165) is 35.0 Å². The maximum atomic E-state index is 12.8. The van der Waals surface area contributed by atoms with Crippen LogP contribution in [0.4, 0.5) is 5.95 Å². The third kappa shape index (κ3) is 4.52. The van der Waals surface area contributed by atoms with Gasteiger partial charge in [0.05, 0.1) is 5.52 Å². The fraction of sp³-hybridized carbons (Fsp3) is 0.280. The van der Waals surface area contributed by atoms with Crippen LogP contribution in [0.3, 0.4) is 0 Å². The summed E-state index contributed by atoms with van der Waals surface area (Å²) in [4.78, 5) is 39.3. The van der Waals surface area contributed by atoms with Gasteiger partial charge in [0.1, 0.15) is 4.70 Å². The van der Waals surface area contributed by atoms with Crippen molar-refractivity contribution in [3.8, 4) is 11.1 Å². The second kappa shape index (κ2) is 9.15. The normalized spacial score (nSPS) is 14.5. The average molecular weight is 460 g/mol. The SMILES string of the molecule is Cc1cccc(-c2csc3c(=O)[nH]c(N4CCC(C(=O)NCc5cccnc5)CC4)nc23)c1. The highest BCUT2D eigenvalue weighted by Gasteiger charge is 2.26. The molecule has 2 N–H and O–H groups in total. The molecule has 0 unspecified atom stereocenters. The zero-order valence-corrected chi connectivity index (χ0v) is 19.2. The minimum atomic E-state index is -0.116. The number of nitrogens with zero attached hydrogens (tertiary/aromatic N) is 3. The first-order valence-electron chi connectivity index (χ1n) is 11.1. The van der Waals surface area contributed by atoms with Gasteiger partial charge in [-0.1, -0.05) is 35.9 Å². The molecule has 4 heterocycles. The molecule has 0 saturated carbocycles. The van der Waals surface area contributed by atoms with Gasteiger partial charge >= 0.3 is 0 Å². The third-order valence-corrected chi connectivity index (χ3v) is 7.07. The van der Waals surface area contributed by atoms with Crippen molar-refractivity contribution in [2.24, 2.45) is 5.92 Å². The van der Waals surface area contributed by atoms with Crippen LogP contribution >= 0.6 is 11.3 Å². The number of carbonyl (C=O) groups excluding carboxylic acids is 1. The average Bonchev–Trinajstić information content (AvgIpc) is 3.28. The number of H-pyrrole nitrogens is 1. The molecule has 168 valence electrons. The van der Waals surface area contributed by atoms with Gasteiger partial charge in [-0.15, -0.1) is 11.3 Å². The first-order valence-corrected chi connectivity index (χ1v) is 12.0. The molecule has 7 nitrogen and oxygen atoms in total. The predicted octanol–water partition coefficient (Wildman–Crippen LogP) is 3.89. The van der Waals surface area contributed by atoms with E-state index in [-0.39, 0.29) is 17.4 Å². The summed E-state index contributed by atoms with van der Waals surface area (Å²) >= 11 is 1.42. The number of rotatable bonds is 5. The number of anilines is 1. The molecule has 0 radical (unpaired) electrons. The summed E-state index contributed by atoms with van der Waals surface area (Å²) in [6.07, 6.45) is 4.91. The zero-order valence-electron chi connectivity index (χ0n) is 18.4. The summed E-state index contributed by atoms with van der Waals surface area (Å²) in [5.74, 6) is 0.598.